The summed E-state index contributed by atoms with van der Waals surface area (Å²) in [5, 5.41) is 3.59. The van der Waals surface area contributed by atoms with Crippen LogP contribution in [-0.4, -0.2) is 27.7 Å². The second kappa shape index (κ2) is 8.39. The number of anilines is 1. The van der Waals surface area contributed by atoms with Gasteiger partial charge in [0, 0.05) is 22.9 Å². The lowest BCUT2D eigenvalue weighted by Crippen LogP contribution is -2.41. The van der Waals surface area contributed by atoms with E-state index in [1.165, 1.54) is 0 Å². The van der Waals surface area contributed by atoms with Gasteiger partial charge < -0.3 is 10.2 Å². The van der Waals surface area contributed by atoms with Gasteiger partial charge in [-0.1, -0.05) is 32.0 Å². The van der Waals surface area contributed by atoms with Crippen LogP contribution in [0.2, 0.25) is 0 Å². The number of aromatic nitrogens is 1. The molecular formula is C20H25N3OS. The molecule has 0 bridgehead atoms. The Labute approximate surface area is 154 Å². The minimum atomic E-state index is -0.0350. The standard InChI is InChI=1S/C20H25N3OS/c1-15(2)25-19-12-4-3-10-17(19)22-20(24)23-14-8-6-11-18(23)16-9-5-7-13-21-16/h3-5,7,9-10,12-13,15,18H,6,8,11,14H2,1-2H3,(H,22,24)/t18-/m1/s1. The summed E-state index contributed by atoms with van der Waals surface area (Å²) in [5.41, 5.74) is 1.86. The summed E-state index contributed by atoms with van der Waals surface area (Å²) in [7, 11) is 0. The van der Waals surface area contributed by atoms with E-state index in [0.29, 0.717) is 5.25 Å². The van der Waals surface area contributed by atoms with E-state index in [1.54, 1.807) is 18.0 Å². The van der Waals surface area contributed by atoms with Gasteiger partial charge in [-0.05, 0) is 43.5 Å². The van der Waals surface area contributed by atoms with Crippen molar-refractivity contribution in [1.82, 2.24) is 9.88 Å². The van der Waals surface area contributed by atoms with E-state index in [4.69, 9.17) is 0 Å². The molecule has 1 aliphatic heterocycles. The van der Waals surface area contributed by atoms with Crippen molar-refractivity contribution in [3.8, 4) is 0 Å². The second-order valence-electron chi connectivity index (χ2n) is 6.55. The van der Waals surface area contributed by atoms with E-state index in [9.17, 15) is 4.79 Å². The Hall–Kier alpha value is -2.01. The van der Waals surface area contributed by atoms with Gasteiger partial charge in [0.15, 0.2) is 0 Å². The molecule has 2 heterocycles. The number of benzene rings is 1. The van der Waals surface area contributed by atoms with Gasteiger partial charge in [0.2, 0.25) is 0 Å². The number of nitrogens with zero attached hydrogens (tertiary/aromatic N) is 2. The Morgan fingerprint density at radius 3 is 2.76 bits per heavy atom. The number of likely N-dealkylation sites (tertiary alicyclic amines) is 1. The molecule has 1 fully saturated rings. The lowest BCUT2D eigenvalue weighted by Gasteiger charge is -2.35. The predicted octanol–water partition coefficient (Wildman–Crippen LogP) is 5.34. The van der Waals surface area contributed by atoms with Crippen LogP contribution >= 0.6 is 11.8 Å². The Morgan fingerprint density at radius 2 is 2.00 bits per heavy atom. The fourth-order valence-corrected chi connectivity index (χ4v) is 4.08. The van der Waals surface area contributed by atoms with Crippen molar-refractivity contribution in [2.45, 2.75) is 49.3 Å². The third kappa shape index (κ3) is 4.54. The van der Waals surface area contributed by atoms with E-state index >= 15 is 0 Å². The highest BCUT2D eigenvalue weighted by Gasteiger charge is 2.29. The number of rotatable bonds is 4. The van der Waals surface area contributed by atoms with Gasteiger partial charge in [-0.15, -0.1) is 11.8 Å². The molecule has 4 nitrogen and oxygen atoms in total. The highest BCUT2D eigenvalue weighted by Crippen LogP contribution is 2.33. The van der Waals surface area contributed by atoms with E-state index in [-0.39, 0.29) is 12.1 Å². The van der Waals surface area contributed by atoms with Crippen molar-refractivity contribution in [3.05, 3.63) is 54.4 Å². The normalized spacial score (nSPS) is 17.6. The molecule has 1 N–H and O–H groups in total. The molecule has 1 atom stereocenters. The van der Waals surface area contributed by atoms with Crippen molar-refractivity contribution in [1.29, 1.82) is 0 Å². The molecule has 0 radical (unpaired) electrons. The lowest BCUT2D eigenvalue weighted by atomic mass is 9.99. The number of nitrogens with one attached hydrogen (secondary N) is 1. The Balaban J connectivity index is 1.78. The molecule has 2 amide bonds. The molecule has 132 valence electrons. The van der Waals surface area contributed by atoms with Crippen LogP contribution in [0.5, 0.6) is 0 Å². The average molecular weight is 356 g/mol. The van der Waals surface area contributed by atoms with Crippen LogP contribution in [0.3, 0.4) is 0 Å². The van der Waals surface area contributed by atoms with Crippen molar-refractivity contribution >= 4 is 23.5 Å². The first-order chi connectivity index (χ1) is 12.1. The zero-order valence-electron chi connectivity index (χ0n) is 14.8. The molecule has 2 aromatic rings. The zero-order chi connectivity index (χ0) is 17.6. The molecule has 3 rings (SSSR count). The van der Waals surface area contributed by atoms with Crippen LogP contribution < -0.4 is 5.32 Å². The molecule has 0 unspecified atom stereocenters. The molecule has 0 spiro atoms. The maximum absolute atomic E-state index is 13.0. The quantitative estimate of drug-likeness (QED) is 0.753. The molecule has 25 heavy (non-hydrogen) atoms. The molecule has 1 aromatic carbocycles. The molecule has 0 aliphatic carbocycles. The second-order valence-corrected chi connectivity index (χ2v) is 8.17. The third-order valence-electron chi connectivity index (χ3n) is 4.28. The van der Waals surface area contributed by atoms with E-state index in [2.05, 4.69) is 30.2 Å². The van der Waals surface area contributed by atoms with Gasteiger partial charge >= 0.3 is 6.03 Å². The van der Waals surface area contributed by atoms with Crippen LogP contribution in [0.25, 0.3) is 0 Å². The Kier molecular flexibility index (Phi) is 5.97. The maximum atomic E-state index is 13.0. The van der Waals surface area contributed by atoms with Crippen molar-refractivity contribution in [3.63, 3.8) is 0 Å². The van der Waals surface area contributed by atoms with Gasteiger partial charge in [0.05, 0.1) is 17.4 Å². The minimum Gasteiger partial charge on any atom is -0.316 e. The summed E-state index contributed by atoms with van der Waals surface area (Å²) in [4.78, 5) is 20.5. The highest BCUT2D eigenvalue weighted by molar-refractivity contribution is 8.00. The zero-order valence-corrected chi connectivity index (χ0v) is 15.6. The molecule has 5 heteroatoms. The van der Waals surface area contributed by atoms with Crippen molar-refractivity contribution in [2.24, 2.45) is 0 Å². The first-order valence-electron chi connectivity index (χ1n) is 8.89. The highest BCUT2D eigenvalue weighted by atomic mass is 32.2. The average Bonchev–Trinajstić information content (AvgIpc) is 2.63. The fourth-order valence-electron chi connectivity index (χ4n) is 3.17. The smallest absolute Gasteiger partial charge is 0.316 e. The predicted molar refractivity (Wildman–Crippen MR) is 104 cm³/mol. The number of hydrogen-bond donors (Lipinski definition) is 1. The summed E-state index contributed by atoms with van der Waals surface area (Å²) in [5.74, 6) is 0. The van der Waals surface area contributed by atoms with Gasteiger partial charge in [-0.2, -0.15) is 0 Å². The first-order valence-corrected chi connectivity index (χ1v) is 9.77. The molecule has 1 aromatic heterocycles. The van der Waals surface area contributed by atoms with E-state index in [1.807, 2.05) is 41.3 Å². The molecular weight excluding hydrogens is 330 g/mol. The van der Waals surface area contributed by atoms with Gasteiger partial charge in [0.25, 0.3) is 0 Å². The van der Waals surface area contributed by atoms with E-state index < -0.39 is 0 Å². The molecule has 1 saturated heterocycles. The van der Waals surface area contributed by atoms with Gasteiger partial charge in [-0.3, -0.25) is 4.98 Å². The van der Waals surface area contributed by atoms with Crippen LogP contribution in [0, 0.1) is 0 Å². The molecule has 0 saturated carbocycles. The van der Waals surface area contributed by atoms with Crippen LogP contribution in [0.4, 0.5) is 10.5 Å². The van der Waals surface area contributed by atoms with Gasteiger partial charge in [-0.25, -0.2) is 4.79 Å². The molecule has 1 aliphatic rings. The number of carbonyl (C=O) groups is 1. The number of para-hydroxylation sites is 1. The summed E-state index contributed by atoms with van der Waals surface area (Å²) in [6.07, 6.45) is 4.94. The summed E-state index contributed by atoms with van der Waals surface area (Å²) < 4.78 is 0. The summed E-state index contributed by atoms with van der Waals surface area (Å²) in [6.45, 7) is 5.09. The summed E-state index contributed by atoms with van der Waals surface area (Å²) in [6, 6.07) is 13.9. The number of pyridine rings is 1. The Bertz CT molecular complexity index is 705. The lowest BCUT2D eigenvalue weighted by molar-refractivity contribution is 0.161. The van der Waals surface area contributed by atoms with Crippen LogP contribution in [-0.2, 0) is 0 Å². The van der Waals surface area contributed by atoms with Gasteiger partial charge in [0.1, 0.15) is 0 Å². The third-order valence-corrected chi connectivity index (χ3v) is 5.37. The minimum absolute atomic E-state index is 0.0350. The van der Waals surface area contributed by atoms with Crippen molar-refractivity contribution in [2.75, 3.05) is 11.9 Å². The fraction of sp³-hybridized carbons (Fsp3) is 0.400. The number of amides is 2. The SMILES string of the molecule is CC(C)Sc1ccccc1NC(=O)N1CCCC[C@@H]1c1ccccn1. The number of hydrogen-bond acceptors (Lipinski definition) is 3. The van der Waals surface area contributed by atoms with Crippen LogP contribution in [0.15, 0.2) is 53.6 Å². The number of piperidine rings is 1. The Morgan fingerprint density at radius 1 is 1.20 bits per heavy atom. The first kappa shape index (κ1) is 17.8. The summed E-state index contributed by atoms with van der Waals surface area (Å²) >= 11 is 1.77. The number of urea groups is 1. The monoisotopic (exact) mass is 355 g/mol. The van der Waals surface area contributed by atoms with Crippen molar-refractivity contribution < 1.29 is 4.79 Å². The topological polar surface area (TPSA) is 45.2 Å². The largest absolute Gasteiger partial charge is 0.322 e. The van der Waals surface area contributed by atoms with Crippen LogP contribution in [0.1, 0.15) is 44.8 Å². The number of carbonyl (C=O) groups excluding carboxylic acids is 1. The maximum Gasteiger partial charge on any atom is 0.322 e. The number of thioether (sulfide) groups is 1. The van der Waals surface area contributed by atoms with E-state index in [0.717, 1.165) is 42.1 Å².